The minimum atomic E-state index is -1.56. The molecule has 0 amide bonds. The fourth-order valence-corrected chi connectivity index (χ4v) is 2.13. The van der Waals surface area contributed by atoms with Gasteiger partial charge in [-0.2, -0.15) is 0 Å². The van der Waals surface area contributed by atoms with Gasteiger partial charge in [0.2, 0.25) is 0 Å². The molecule has 0 aliphatic rings. The zero-order chi connectivity index (χ0) is 14.9. The van der Waals surface area contributed by atoms with Crippen LogP contribution in [0.2, 0.25) is 5.82 Å². The van der Waals surface area contributed by atoms with Crippen LogP contribution in [0.4, 0.5) is 0 Å². The van der Waals surface area contributed by atoms with Gasteiger partial charge in [0.05, 0.1) is 0 Å². The van der Waals surface area contributed by atoms with Crippen LogP contribution in [0.3, 0.4) is 0 Å². The molecule has 0 spiro atoms. The summed E-state index contributed by atoms with van der Waals surface area (Å²) < 4.78 is 12.2. The average molecular weight is 295 g/mol. The van der Waals surface area contributed by atoms with Gasteiger partial charge in [0.25, 0.3) is 0 Å². The first-order chi connectivity index (χ1) is 8.88. The second-order valence-corrected chi connectivity index (χ2v) is 6.02. The summed E-state index contributed by atoms with van der Waals surface area (Å²) in [5.74, 6) is 7.42. The van der Waals surface area contributed by atoms with Gasteiger partial charge in [-0.25, -0.2) is 5.82 Å². The molecule has 0 aromatic carbocycles. The molecule has 20 heavy (non-hydrogen) atoms. The summed E-state index contributed by atoms with van der Waals surface area (Å²) in [6, 6.07) is 0. The Balaban J connectivity index is 0. The summed E-state index contributed by atoms with van der Waals surface area (Å²) in [6.45, 7) is 10.9. The molecule has 0 saturated carbocycles. The minimum Gasteiger partial charge on any atom is -0.556 e. The summed E-state index contributed by atoms with van der Waals surface area (Å²) >= 11 is 5.68. The quantitative estimate of drug-likeness (QED) is 0.293. The first kappa shape index (κ1) is 22.7. The van der Waals surface area contributed by atoms with Crippen molar-refractivity contribution in [3.05, 3.63) is 0 Å². The zero-order valence-electron chi connectivity index (χ0n) is 14.3. The number of hydrogen-bond donors (Lipinski definition) is 0. The van der Waals surface area contributed by atoms with Gasteiger partial charge in [-0.15, -0.1) is 23.3 Å². The summed E-state index contributed by atoms with van der Waals surface area (Å²) in [7, 11) is 0. The normalized spacial score (nSPS) is 12.8. The molecule has 5 heteroatoms. The molecule has 112 valence electrons. The van der Waals surface area contributed by atoms with Crippen LogP contribution < -0.4 is 18.9 Å². The van der Waals surface area contributed by atoms with Crippen molar-refractivity contribution in [3.8, 4) is 11.7 Å². The molecule has 0 fully saturated rings. The Morgan fingerprint density at radius 1 is 1.05 bits per heavy atom. The molecule has 0 aromatic rings. The largest absolute Gasteiger partial charge is 1.00 e. The number of halogens is 1. The molecular weight excluding hydrogens is 265 g/mol. The van der Waals surface area contributed by atoms with E-state index in [2.05, 4.69) is 25.6 Å². The first-order valence-corrected chi connectivity index (χ1v) is 7.97. The van der Waals surface area contributed by atoms with Crippen LogP contribution in [-0.2, 0) is 9.31 Å². The third-order valence-corrected chi connectivity index (χ3v) is 3.35. The third kappa shape index (κ3) is 8.66. The Bertz CT molecular complexity index is 290. The number of hydrogen-bond acceptors (Lipinski definition) is 2. The van der Waals surface area contributed by atoms with E-state index in [1.807, 2.05) is 27.7 Å². The molecule has 1 atom stereocenters. The molecular formula is C15H29BClLiO2. The van der Waals surface area contributed by atoms with E-state index in [4.69, 9.17) is 20.9 Å². The van der Waals surface area contributed by atoms with Gasteiger partial charge in [-0.05, 0) is 34.1 Å². The fourth-order valence-electron chi connectivity index (χ4n) is 2.00. The van der Waals surface area contributed by atoms with E-state index in [-0.39, 0.29) is 36.9 Å². The van der Waals surface area contributed by atoms with E-state index in [0.29, 0.717) is 5.88 Å². The topological polar surface area (TPSA) is 18.5 Å². The maximum Gasteiger partial charge on any atom is 1.00 e. The SMILES string of the molecule is CCC(C)[B-](C#CCCCCl)(OC(C)C)OC(C)C.[Li+]. The van der Waals surface area contributed by atoms with Crippen molar-refractivity contribution >= 4 is 18.2 Å². The van der Waals surface area contributed by atoms with Gasteiger partial charge < -0.3 is 9.31 Å². The summed E-state index contributed by atoms with van der Waals surface area (Å²) in [5.41, 5.74) is 0. The van der Waals surface area contributed by atoms with Crippen molar-refractivity contribution in [3.63, 3.8) is 0 Å². The van der Waals surface area contributed by atoms with Crippen LogP contribution in [0, 0.1) is 11.7 Å². The second kappa shape index (κ2) is 12.0. The molecule has 0 N–H and O–H groups in total. The molecule has 0 bridgehead atoms. The van der Waals surface area contributed by atoms with Gasteiger partial charge in [-0.1, -0.05) is 20.3 Å². The molecule has 0 saturated heterocycles. The maximum atomic E-state index is 6.12. The predicted molar refractivity (Wildman–Crippen MR) is 85.6 cm³/mol. The van der Waals surface area contributed by atoms with Crippen LogP contribution >= 0.6 is 11.6 Å². The van der Waals surface area contributed by atoms with Crippen LogP contribution in [0.1, 0.15) is 60.8 Å². The Labute approximate surface area is 142 Å². The summed E-state index contributed by atoms with van der Waals surface area (Å²) in [5, 5.41) is 0. The Kier molecular flexibility index (Phi) is 13.7. The van der Waals surface area contributed by atoms with Crippen molar-refractivity contribution in [2.24, 2.45) is 0 Å². The molecule has 0 aliphatic carbocycles. The van der Waals surface area contributed by atoms with Crippen LogP contribution in [0.15, 0.2) is 0 Å². The van der Waals surface area contributed by atoms with Crippen LogP contribution in [0.25, 0.3) is 0 Å². The van der Waals surface area contributed by atoms with Gasteiger partial charge >= 0.3 is 25.4 Å². The van der Waals surface area contributed by atoms with E-state index in [1.54, 1.807) is 0 Å². The Hall–Kier alpha value is 0.432. The predicted octanol–water partition coefficient (Wildman–Crippen LogP) is 1.64. The van der Waals surface area contributed by atoms with Gasteiger partial charge in [-0.3, -0.25) is 0 Å². The number of unbranched alkanes of at least 4 members (excludes halogenated alkanes) is 1. The van der Waals surface area contributed by atoms with E-state index in [9.17, 15) is 0 Å². The van der Waals surface area contributed by atoms with E-state index < -0.39 is 6.55 Å². The minimum absolute atomic E-state index is 0. The molecule has 0 aliphatic heterocycles. The molecule has 2 nitrogen and oxygen atoms in total. The molecule has 0 radical (unpaired) electrons. The monoisotopic (exact) mass is 294 g/mol. The van der Waals surface area contributed by atoms with Gasteiger partial charge in [0.1, 0.15) is 0 Å². The zero-order valence-corrected chi connectivity index (χ0v) is 15.1. The maximum absolute atomic E-state index is 6.12. The molecule has 0 rings (SSSR count). The summed E-state index contributed by atoms with van der Waals surface area (Å²) in [4.78, 5) is 0. The number of alkyl halides is 1. The third-order valence-electron chi connectivity index (χ3n) is 3.08. The van der Waals surface area contributed by atoms with Crippen molar-refractivity contribution in [2.75, 3.05) is 5.88 Å². The standard InChI is InChI=1S/C15H29BClO2.Li/c1-7-15(6)16(18-13(2)3,19-14(4)5)11-9-8-10-12-17;/h13-15H,7-8,10,12H2,1-6H3;/q-1;+1. The molecule has 0 heterocycles. The van der Waals surface area contributed by atoms with Crippen molar-refractivity contribution in [1.82, 2.24) is 0 Å². The average Bonchev–Trinajstić information content (AvgIpc) is 2.31. The second-order valence-electron chi connectivity index (χ2n) is 5.64. The molecule has 1 unspecified atom stereocenters. The smallest absolute Gasteiger partial charge is 0.556 e. The fraction of sp³-hybridized carbons (Fsp3) is 0.867. The summed E-state index contributed by atoms with van der Waals surface area (Å²) in [6.07, 6.45) is 2.91. The van der Waals surface area contributed by atoms with E-state index in [0.717, 1.165) is 19.3 Å². The van der Waals surface area contributed by atoms with Gasteiger partial charge in [0, 0.05) is 24.5 Å². The van der Waals surface area contributed by atoms with Crippen molar-refractivity contribution in [2.45, 2.75) is 78.8 Å². The molecule has 0 aromatic heterocycles. The van der Waals surface area contributed by atoms with Crippen molar-refractivity contribution < 1.29 is 28.2 Å². The van der Waals surface area contributed by atoms with Crippen LogP contribution in [-0.4, -0.2) is 24.6 Å². The first-order valence-electron chi connectivity index (χ1n) is 7.44. The Morgan fingerprint density at radius 2 is 1.55 bits per heavy atom. The van der Waals surface area contributed by atoms with E-state index in [1.165, 1.54) is 0 Å². The number of rotatable bonds is 8. The van der Waals surface area contributed by atoms with Gasteiger partial charge in [0.15, 0.2) is 0 Å². The van der Waals surface area contributed by atoms with E-state index >= 15 is 0 Å². The van der Waals surface area contributed by atoms with Crippen molar-refractivity contribution in [1.29, 1.82) is 0 Å². The van der Waals surface area contributed by atoms with Crippen LogP contribution in [0.5, 0.6) is 0 Å². The Morgan fingerprint density at radius 3 is 1.90 bits per heavy atom.